The van der Waals surface area contributed by atoms with Gasteiger partial charge >= 0.3 is 6.18 Å². The van der Waals surface area contributed by atoms with Crippen molar-refractivity contribution < 1.29 is 13.2 Å². The summed E-state index contributed by atoms with van der Waals surface area (Å²) in [5, 5.41) is 7.04. The Bertz CT molecular complexity index is 1050. The van der Waals surface area contributed by atoms with Crippen molar-refractivity contribution in [2.45, 2.75) is 19.0 Å². The lowest BCUT2D eigenvalue weighted by Gasteiger charge is -2.16. The number of hydrogen-bond acceptors (Lipinski definition) is 7. The van der Waals surface area contributed by atoms with Gasteiger partial charge in [-0.1, -0.05) is 36.4 Å². The van der Waals surface area contributed by atoms with E-state index in [4.69, 9.17) is 0 Å². The Morgan fingerprint density at radius 3 is 2.29 bits per heavy atom. The van der Waals surface area contributed by atoms with Crippen LogP contribution in [0.2, 0.25) is 0 Å². The number of nitrogens with zero attached hydrogens (tertiary/aromatic N) is 5. The van der Waals surface area contributed by atoms with Gasteiger partial charge in [0.05, 0.1) is 11.8 Å². The molecule has 0 spiro atoms. The molecule has 0 unspecified atom stereocenters. The third-order valence-electron chi connectivity index (χ3n) is 4.68. The van der Waals surface area contributed by atoms with Crippen LogP contribution in [0.25, 0.3) is 0 Å². The number of hydrogen-bond donors (Lipinski definition) is 2. The number of para-hydroxylation sites is 1. The molecule has 2 N–H and O–H groups in total. The van der Waals surface area contributed by atoms with Crippen LogP contribution in [0.1, 0.15) is 24.0 Å². The molecule has 1 aliphatic heterocycles. The van der Waals surface area contributed by atoms with Crippen molar-refractivity contribution in [2.75, 3.05) is 28.7 Å². The van der Waals surface area contributed by atoms with Crippen LogP contribution >= 0.6 is 0 Å². The standard InChI is InChI=1S/C21H20F3N7/c22-21(23,24)17-11-5-4-8-15(17)14-25-30-19-27-18(26-16-9-2-1-3-10-16)28-20(29-19)31-12-6-7-13-31/h1-5,8-11,14H,6-7,12-13H2,(H2,26,27,28,29,30)/b25-14+. The summed E-state index contributed by atoms with van der Waals surface area (Å²) in [5.74, 6) is 0.937. The summed E-state index contributed by atoms with van der Waals surface area (Å²) < 4.78 is 39.5. The lowest BCUT2D eigenvalue weighted by atomic mass is 10.1. The molecule has 0 atom stereocenters. The molecule has 2 aromatic carbocycles. The molecule has 1 aliphatic rings. The minimum absolute atomic E-state index is 0.0565. The van der Waals surface area contributed by atoms with Crippen molar-refractivity contribution in [3.05, 3.63) is 65.7 Å². The number of hydrazone groups is 1. The predicted molar refractivity (Wildman–Crippen MR) is 114 cm³/mol. The maximum Gasteiger partial charge on any atom is 0.417 e. The van der Waals surface area contributed by atoms with E-state index >= 15 is 0 Å². The molecule has 2 heterocycles. The molecule has 31 heavy (non-hydrogen) atoms. The highest BCUT2D eigenvalue weighted by molar-refractivity contribution is 5.82. The van der Waals surface area contributed by atoms with E-state index in [0.717, 1.165) is 43.9 Å². The predicted octanol–water partition coefficient (Wildman–Crippen LogP) is 4.68. The maximum absolute atomic E-state index is 13.2. The lowest BCUT2D eigenvalue weighted by molar-refractivity contribution is -0.137. The quantitative estimate of drug-likeness (QED) is 0.439. The summed E-state index contributed by atoms with van der Waals surface area (Å²) in [7, 11) is 0. The summed E-state index contributed by atoms with van der Waals surface area (Å²) in [6.07, 6.45) is -1.28. The Kier molecular flexibility index (Phi) is 5.96. The van der Waals surface area contributed by atoms with E-state index in [0.29, 0.717) is 11.9 Å². The third-order valence-corrected chi connectivity index (χ3v) is 4.68. The Hall–Kier alpha value is -3.69. The van der Waals surface area contributed by atoms with Crippen LogP contribution in [-0.2, 0) is 6.18 Å². The molecule has 160 valence electrons. The maximum atomic E-state index is 13.2. The van der Waals surface area contributed by atoms with Gasteiger partial charge in [-0.15, -0.1) is 0 Å². The van der Waals surface area contributed by atoms with Gasteiger partial charge in [-0.3, -0.25) is 0 Å². The minimum Gasteiger partial charge on any atom is -0.341 e. The van der Waals surface area contributed by atoms with E-state index < -0.39 is 11.7 Å². The average molecular weight is 427 g/mol. The van der Waals surface area contributed by atoms with Gasteiger partial charge in [-0.2, -0.15) is 33.2 Å². The Balaban J connectivity index is 1.58. The first-order valence-corrected chi connectivity index (χ1v) is 9.77. The molecular weight excluding hydrogens is 407 g/mol. The molecule has 0 aliphatic carbocycles. The largest absolute Gasteiger partial charge is 0.417 e. The molecule has 0 amide bonds. The molecular formula is C21H20F3N7. The fraction of sp³-hybridized carbons (Fsp3) is 0.238. The van der Waals surface area contributed by atoms with Crippen molar-refractivity contribution in [3.63, 3.8) is 0 Å². The first-order valence-electron chi connectivity index (χ1n) is 9.77. The number of anilines is 4. The second kappa shape index (κ2) is 8.99. The topological polar surface area (TPSA) is 78.3 Å². The molecule has 0 saturated carbocycles. The van der Waals surface area contributed by atoms with E-state index in [1.807, 2.05) is 35.2 Å². The summed E-state index contributed by atoms with van der Waals surface area (Å²) in [4.78, 5) is 15.2. The minimum atomic E-state index is -4.47. The zero-order chi connectivity index (χ0) is 21.7. The van der Waals surface area contributed by atoms with Gasteiger partial charge in [0.25, 0.3) is 0 Å². The van der Waals surface area contributed by atoms with E-state index in [-0.39, 0.29) is 11.5 Å². The fourth-order valence-corrected chi connectivity index (χ4v) is 3.21. The number of nitrogens with one attached hydrogen (secondary N) is 2. The smallest absolute Gasteiger partial charge is 0.341 e. The van der Waals surface area contributed by atoms with Crippen molar-refractivity contribution in [2.24, 2.45) is 5.10 Å². The summed E-state index contributed by atoms with van der Waals surface area (Å²) in [6.45, 7) is 1.66. The highest BCUT2D eigenvalue weighted by atomic mass is 19.4. The van der Waals surface area contributed by atoms with E-state index in [1.165, 1.54) is 18.2 Å². The highest BCUT2D eigenvalue weighted by Gasteiger charge is 2.32. The summed E-state index contributed by atoms with van der Waals surface area (Å²) in [6, 6.07) is 14.6. The van der Waals surface area contributed by atoms with Gasteiger partial charge in [0.1, 0.15) is 0 Å². The number of benzene rings is 2. The lowest BCUT2D eigenvalue weighted by Crippen LogP contribution is -2.21. The SMILES string of the molecule is FC(F)(F)c1ccccc1/C=N/Nc1nc(Nc2ccccc2)nc(N2CCCC2)n1. The number of alkyl halides is 3. The first-order chi connectivity index (χ1) is 15.0. The molecule has 4 rings (SSSR count). The monoisotopic (exact) mass is 427 g/mol. The van der Waals surface area contributed by atoms with Crippen LogP contribution < -0.4 is 15.6 Å². The van der Waals surface area contributed by atoms with Gasteiger partial charge < -0.3 is 10.2 Å². The zero-order valence-corrected chi connectivity index (χ0v) is 16.5. The van der Waals surface area contributed by atoms with Crippen LogP contribution in [0, 0.1) is 0 Å². The third kappa shape index (κ3) is 5.27. The highest BCUT2D eigenvalue weighted by Crippen LogP contribution is 2.31. The summed E-state index contributed by atoms with van der Waals surface area (Å²) >= 11 is 0. The Morgan fingerprint density at radius 2 is 1.55 bits per heavy atom. The second-order valence-electron chi connectivity index (χ2n) is 6.92. The number of halogens is 3. The second-order valence-corrected chi connectivity index (χ2v) is 6.92. The van der Waals surface area contributed by atoms with E-state index in [1.54, 1.807) is 0 Å². The molecule has 0 bridgehead atoms. The Morgan fingerprint density at radius 1 is 0.871 bits per heavy atom. The fourth-order valence-electron chi connectivity index (χ4n) is 3.21. The van der Waals surface area contributed by atoms with Crippen LogP contribution in [0.5, 0.6) is 0 Å². The van der Waals surface area contributed by atoms with Crippen LogP contribution in [0.15, 0.2) is 59.7 Å². The molecule has 1 fully saturated rings. The summed E-state index contributed by atoms with van der Waals surface area (Å²) in [5.41, 5.74) is 2.62. The van der Waals surface area contributed by atoms with Crippen molar-refractivity contribution in [1.82, 2.24) is 15.0 Å². The Labute approximate surface area is 177 Å². The molecule has 1 saturated heterocycles. The van der Waals surface area contributed by atoms with Gasteiger partial charge in [0.15, 0.2) is 0 Å². The van der Waals surface area contributed by atoms with Crippen molar-refractivity contribution >= 4 is 29.7 Å². The van der Waals surface area contributed by atoms with Crippen LogP contribution in [-0.4, -0.2) is 34.3 Å². The van der Waals surface area contributed by atoms with Crippen LogP contribution in [0.3, 0.4) is 0 Å². The first kappa shape index (κ1) is 20.6. The van der Waals surface area contributed by atoms with E-state index in [2.05, 4.69) is 30.8 Å². The van der Waals surface area contributed by atoms with Crippen LogP contribution in [0.4, 0.5) is 36.7 Å². The zero-order valence-electron chi connectivity index (χ0n) is 16.5. The molecule has 0 radical (unpaired) electrons. The van der Waals surface area contributed by atoms with E-state index in [9.17, 15) is 13.2 Å². The van der Waals surface area contributed by atoms with Crippen molar-refractivity contribution in [3.8, 4) is 0 Å². The number of rotatable bonds is 6. The van der Waals surface area contributed by atoms with Crippen molar-refractivity contribution in [1.29, 1.82) is 0 Å². The van der Waals surface area contributed by atoms with Gasteiger partial charge in [0, 0.05) is 24.3 Å². The molecule has 3 aromatic rings. The van der Waals surface area contributed by atoms with Gasteiger partial charge in [-0.25, -0.2) is 5.43 Å². The number of aromatic nitrogens is 3. The molecule has 7 nitrogen and oxygen atoms in total. The average Bonchev–Trinajstić information content (AvgIpc) is 3.29. The van der Waals surface area contributed by atoms with Gasteiger partial charge in [-0.05, 0) is 31.0 Å². The van der Waals surface area contributed by atoms with Gasteiger partial charge in [0.2, 0.25) is 17.8 Å². The molecule has 1 aromatic heterocycles. The molecule has 10 heteroatoms. The normalized spacial score (nSPS) is 14.2.